The van der Waals surface area contributed by atoms with Crippen molar-refractivity contribution in [2.75, 3.05) is 33.9 Å². The molecule has 1 aromatic carbocycles. The van der Waals surface area contributed by atoms with Gasteiger partial charge >= 0.3 is 0 Å². The van der Waals surface area contributed by atoms with E-state index in [1.807, 2.05) is 18.2 Å². The highest BCUT2D eigenvalue weighted by Gasteiger charge is 2.26. The number of nitrogens with zero attached hydrogens (tertiary/aromatic N) is 2. The summed E-state index contributed by atoms with van der Waals surface area (Å²) in [6.45, 7) is 2.87. The molecule has 0 aliphatic carbocycles. The van der Waals surface area contributed by atoms with Crippen LogP contribution in [0.1, 0.15) is 27.3 Å². The van der Waals surface area contributed by atoms with Crippen LogP contribution in [0.3, 0.4) is 0 Å². The van der Waals surface area contributed by atoms with E-state index in [1.54, 1.807) is 7.11 Å². The van der Waals surface area contributed by atoms with Crippen molar-refractivity contribution >= 4 is 5.91 Å². The number of aromatic nitrogens is 2. The number of carbonyl (C=O) groups is 1. The van der Waals surface area contributed by atoms with Crippen molar-refractivity contribution in [2.45, 2.75) is 19.4 Å². The number of nitrogens with one attached hydrogen (secondary N) is 2. The fourth-order valence-electron chi connectivity index (χ4n) is 3.69. The first-order valence-corrected chi connectivity index (χ1v) is 8.97. The summed E-state index contributed by atoms with van der Waals surface area (Å²) in [5.41, 5.74) is 3.74. The van der Waals surface area contributed by atoms with Crippen LogP contribution in [0.5, 0.6) is 11.5 Å². The summed E-state index contributed by atoms with van der Waals surface area (Å²) in [7, 11) is 3.70. The third-order valence-corrected chi connectivity index (χ3v) is 5.14. The summed E-state index contributed by atoms with van der Waals surface area (Å²) in [5, 5.41) is 10.3. The summed E-state index contributed by atoms with van der Waals surface area (Å²) in [4.78, 5) is 14.8. The van der Waals surface area contributed by atoms with Gasteiger partial charge in [0.05, 0.1) is 13.7 Å². The number of carbonyl (C=O) groups excluding carboxylic acids is 1. The second kappa shape index (κ2) is 6.99. The molecule has 2 N–H and O–H groups in total. The van der Waals surface area contributed by atoms with Gasteiger partial charge in [0.25, 0.3) is 5.91 Å². The Bertz CT molecular complexity index is 817. The smallest absolute Gasteiger partial charge is 0.272 e. The topological polar surface area (TPSA) is 79.5 Å². The van der Waals surface area contributed by atoms with E-state index < -0.39 is 0 Å². The Morgan fingerprint density at radius 1 is 1.50 bits per heavy atom. The first-order valence-electron chi connectivity index (χ1n) is 8.97. The summed E-state index contributed by atoms with van der Waals surface area (Å²) in [6, 6.07) is 5.92. The number of para-hydroxylation sites is 1. The number of hydrogen-bond acceptors (Lipinski definition) is 5. The average Bonchev–Trinajstić information content (AvgIpc) is 3.08. The maximum atomic E-state index is 12.6. The fraction of sp³-hybridized carbons (Fsp3) is 0.474. The number of H-pyrrole nitrogens is 1. The van der Waals surface area contributed by atoms with Crippen molar-refractivity contribution in [1.29, 1.82) is 0 Å². The van der Waals surface area contributed by atoms with Gasteiger partial charge in [0, 0.05) is 43.2 Å². The predicted molar refractivity (Wildman–Crippen MR) is 96.6 cm³/mol. The number of ether oxygens (including phenoxy) is 2. The third kappa shape index (κ3) is 3.14. The maximum Gasteiger partial charge on any atom is 0.272 e. The average molecular weight is 356 g/mol. The lowest BCUT2D eigenvalue weighted by Gasteiger charge is -2.26. The highest BCUT2D eigenvalue weighted by molar-refractivity contribution is 5.94. The number of rotatable bonds is 4. The number of aromatic amines is 1. The highest BCUT2D eigenvalue weighted by Crippen LogP contribution is 2.35. The van der Waals surface area contributed by atoms with Crippen molar-refractivity contribution in [3.8, 4) is 11.5 Å². The minimum atomic E-state index is -0.116. The zero-order valence-corrected chi connectivity index (χ0v) is 15.2. The van der Waals surface area contributed by atoms with E-state index in [-0.39, 0.29) is 11.8 Å². The Balaban J connectivity index is 1.39. The molecule has 2 aromatic rings. The van der Waals surface area contributed by atoms with Crippen LogP contribution >= 0.6 is 0 Å². The Morgan fingerprint density at radius 2 is 2.38 bits per heavy atom. The van der Waals surface area contributed by atoms with E-state index in [0.29, 0.717) is 18.8 Å². The van der Waals surface area contributed by atoms with E-state index in [1.165, 1.54) is 0 Å². The molecule has 4 rings (SSSR count). The lowest BCUT2D eigenvalue weighted by Crippen LogP contribution is -2.36. The van der Waals surface area contributed by atoms with Crippen LogP contribution in [-0.2, 0) is 19.4 Å². The van der Waals surface area contributed by atoms with Crippen LogP contribution in [0.25, 0.3) is 0 Å². The van der Waals surface area contributed by atoms with Gasteiger partial charge in [-0.2, -0.15) is 5.10 Å². The molecule has 0 saturated carbocycles. The Hall–Kier alpha value is -2.54. The molecule has 0 spiro atoms. The molecule has 26 heavy (non-hydrogen) atoms. The quantitative estimate of drug-likeness (QED) is 0.865. The molecule has 1 amide bonds. The summed E-state index contributed by atoms with van der Waals surface area (Å²) in [5.74, 6) is 1.70. The van der Waals surface area contributed by atoms with Crippen molar-refractivity contribution < 1.29 is 14.3 Å². The third-order valence-electron chi connectivity index (χ3n) is 5.14. The molecule has 1 aromatic heterocycles. The van der Waals surface area contributed by atoms with Crippen LogP contribution in [0.2, 0.25) is 0 Å². The van der Waals surface area contributed by atoms with Crippen LogP contribution in [0, 0.1) is 5.92 Å². The van der Waals surface area contributed by atoms with Crippen molar-refractivity contribution in [3.63, 3.8) is 0 Å². The standard InChI is InChI=1S/C19H24N4O3/c1-23-7-6-15-14(10-23)17(22-21-15)19(24)20-9-12-8-13-4-3-5-16(25-2)18(13)26-11-12/h3-5,12H,6-11H2,1-2H3,(H,20,24)(H,21,22). The molecule has 0 fully saturated rings. The molecule has 1 unspecified atom stereocenters. The summed E-state index contributed by atoms with van der Waals surface area (Å²) in [6.07, 6.45) is 1.76. The molecular formula is C19H24N4O3. The highest BCUT2D eigenvalue weighted by atomic mass is 16.5. The summed E-state index contributed by atoms with van der Waals surface area (Å²) >= 11 is 0. The molecule has 1 atom stereocenters. The fourth-order valence-corrected chi connectivity index (χ4v) is 3.69. The van der Waals surface area contributed by atoms with Gasteiger partial charge in [-0.15, -0.1) is 0 Å². The van der Waals surface area contributed by atoms with Gasteiger partial charge in [-0.05, 0) is 25.1 Å². The molecule has 138 valence electrons. The molecule has 0 saturated heterocycles. The van der Waals surface area contributed by atoms with Crippen LogP contribution in [-0.4, -0.2) is 54.9 Å². The monoisotopic (exact) mass is 356 g/mol. The Morgan fingerprint density at radius 3 is 3.23 bits per heavy atom. The molecule has 7 heteroatoms. The van der Waals surface area contributed by atoms with E-state index in [9.17, 15) is 4.79 Å². The van der Waals surface area contributed by atoms with E-state index in [2.05, 4.69) is 27.5 Å². The summed E-state index contributed by atoms with van der Waals surface area (Å²) < 4.78 is 11.2. The molecular weight excluding hydrogens is 332 g/mol. The van der Waals surface area contributed by atoms with E-state index in [4.69, 9.17) is 9.47 Å². The molecule has 3 heterocycles. The van der Waals surface area contributed by atoms with Gasteiger partial charge in [0.15, 0.2) is 17.2 Å². The van der Waals surface area contributed by atoms with Crippen molar-refractivity contribution in [2.24, 2.45) is 5.92 Å². The lowest BCUT2D eigenvalue weighted by molar-refractivity contribution is 0.0931. The number of amides is 1. The SMILES string of the molecule is COc1cccc2c1OCC(CNC(=O)c1n[nH]c3c1CN(C)CC3)C2. The van der Waals surface area contributed by atoms with Crippen LogP contribution in [0.15, 0.2) is 18.2 Å². The normalized spacial score (nSPS) is 19.2. The minimum Gasteiger partial charge on any atom is -0.493 e. The van der Waals surface area contributed by atoms with Gasteiger partial charge in [0.2, 0.25) is 0 Å². The van der Waals surface area contributed by atoms with Gasteiger partial charge < -0.3 is 19.7 Å². The van der Waals surface area contributed by atoms with Crippen LogP contribution < -0.4 is 14.8 Å². The second-order valence-electron chi connectivity index (χ2n) is 7.06. The van der Waals surface area contributed by atoms with Crippen molar-refractivity contribution in [1.82, 2.24) is 20.4 Å². The van der Waals surface area contributed by atoms with Gasteiger partial charge in [-0.25, -0.2) is 0 Å². The van der Waals surface area contributed by atoms with Gasteiger partial charge in [-0.3, -0.25) is 9.89 Å². The molecule has 2 aliphatic rings. The Labute approximate surface area is 152 Å². The molecule has 2 aliphatic heterocycles. The number of fused-ring (bicyclic) bond motifs is 2. The van der Waals surface area contributed by atoms with Crippen LogP contribution in [0.4, 0.5) is 0 Å². The largest absolute Gasteiger partial charge is 0.493 e. The first-order chi connectivity index (χ1) is 12.7. The van der Waals surface area contributed by atoms with Gasteiger partial charge in [-0.1, -0.05) is 12.1 Å². The molecule has 7 nitrogen and oxygen atoms in total. The molecule has 0 bridgehead atoms. The van der Waals surface area contributed by atoms with E-state index >= 15 is 0 Å². The second-order valence-corrected chi connectivity index (χ2v) is 7.06. The first kappa shape index (κ1) is 16.9. The van der Waals surface area contributed by atoms with E-state index in [0.717, 1.165) is 54.3 Å². The minimum absolute atomic E-state index is 0.116. The van der Waals surface area contributed by atoms with Crippen molar-refractivity contribution in [3.05, 3.63) is 40.7 Å². The van der Waals surface area contributed by atoms with Gasteiger partial charge in [0.1, 0.15) is 0 Å². The maximum absolute atomic E-state index is 12.6. The Kier molecular flexibility index (Phi) is 4.55. The number of benzene rings is 1. The zero-order valence-electron chi connectivity index (χ0n) is 15.2. The predicted octanol–water partition coefficient (Wildman–Crippen LogP) is 1.39. The number of likely N-dealkylation sites (N-methyl/N-ethyl adjacent to an activating group) is 1. The lowest BCUT2D eigenvalue weighted by atomic mass is 9.96. The molecule has 0 radical (unpaired) electrons. The number of hydrogen-bond donors (Lipinski definition) is 2. The number of methoxy groups -OCH3 is 1. The zero-order chi connectivity index (χ0) is 18.1.